The number of rotatable bonds is 8. The highest BCUT2D eigenvalue weighted by Crippen LogP contribution is 2.46. The van der Waals surface area contributed by atoms with E-state index >= 15 is 0 Å². The summed E-state index contributed by atoms with van der Waals surface area (Å²) >= 11 is 6.24. The van der Waals surface area contributed by atoms with Crippen LogP contribution >= 0.6 is 11.6 Å². The summed E-state index contributed by atoms with van der Waals surface area (Å²) in [5, 5.41) is 11.1. The number of aliphatic hydroxyl groups is 1. The van der Waals surface area contributed by atoms with Crippen LogP contribution in [0, 0.1) is 17.7 Å². The molecule has 0 heterocycles. The van der Waals surface area contributed by atoms with Crippen LogP contribution in [-0.2, 0) is 5.60 Å². The fourth-order valence-corrected chi connectivity index (χ4v) is 4.71. The van der Waals surface area contributed by atoms with Crippen molar-refractivity contribution in [3.63, 3.8) is 0 Å². The minimum atomic E-state index is -1.03. The molecule has 0 bridgehead atoms. The van der Waals surface area contributed by atoms with Crippen molar-refractivity contribution in [2.24, 2.45) is 11.8 Å². The van der Waals surface area contributed by atoms with Crippen LogP contribution in [0.3, 0.4) is 0 Å². The van der Waals surface area contributed by atoms with E-state index in [1.54, 1.807) is 19.1 Å². The first-order valence-corrected chi connectivity index (χ1v) is 10.2. The first-order chi connectivity index (χ1) is 12.0. The number of halogens is 2. The molecule has 1 aromatic rings. The van der Waals surface area contributed by atoms with Crippen LogP contribution in [0.5, 0.6) is 5.75 Å². The Kier molecular flexibility index (Phi) is 7.57. The SMILES string of the molecule is CCCC(CCC)C1CCC(O)(c2ccc(OCC)c(F)c2Cl)CC1. The van der Waals surface area contributed by atoms with E-state index < -0.39 is 11.4 Å². The molecule has 0 aromatic heterocycles. The normalized spacial score (nSPS) is 23.9. The molecular formula is C21H32ClFO2. The molecule has 4 heteroatoms. The van der Waals surface area contributed by atoms with Crippen molar-refractivity contribution >= 4 is 11.6 Å². The van der Waals surface area contributed by atoms with E-state index in [9.17, 15) is 9.50 Å². The number of hydrogen-bond acceptors (Lipinski definition) is 2. The van der Waals surface area contributed by atoms with Crippen LogP contribution in [0.2, 0.25) is 5.02 Å². The van der Waals surface area contributed by atoms with E-state index in [0.29, 0.717) is 30.9 Å². The van der Waals surface area contributed by atoms with Crippen molar-refractivity contribution in [2.45, 2.75) is 77.7 Å². The lowest BCUT2D eigenvalue weighted by Gasteiger charge is -2.40. The minimum absolute atomic E-state index is 0.00515. The summed E-state index contributed by atoms with van der Waals surface area (Å²) in [4.78, 5) is 0. The molecule has 0 radical (unpaired) electrons. The fourth-order valence-electron chi connectivity index (χ4n) is 4.37. The fraction of sp³-hybridized carbons (Fsp3) is 0.714. The van der Waals surface area contributed by atoms with Crippen molar-refractivity contribution in [3.8, 4) is 5.75 Å². The van der Waals surface area contributed by atoms with Gasteiger partial charge >= 0.3 is 0 Å². The van der Waals surface area contributed by atoms with E-state index in [-0.39, 0.29) is 10.8 Å². The highest BCUT2D eigenvalue weighted by atomic mass is 35.5. The largest absolute Gasteiger partial charge is 0.491 e. The van der Waals surface area contributed by atoms with Gasteiger partial charge < -0.3 is 9.84 Å². The molecule has 0 unspecified atom stereocenters. The number of ether oxygens (including phenoxy) is 1. The van der Waals surface area contributed by atoms with Crippen LogP contribution < -0.4 is 4.74 Å². The molecule has 0 saturated heterocycles. The highest BCUT2D eigenvalue weighted by Gasteiger charge is 2.39. The predicted octanol–water partition coefficient (Wildman–Crippen LogP) is 6.47. The second-order valence-electron chi connectivity index (χ2n) is 7.38. The van der Waals surface area contributed by atoms with Crippen molar-refractivity contribution < 1.29 is 14.2 Å². The average Bonchev–Trinajstić information content (AvgIpc) is 2.60. The lowest BCUT2D eigenvalue weighted by molar-refractivity contribution is -0.0236. The van der Waals surface area contributed by atoms with Crippen molar-refractivity contribution in [3.05, 3.63) is 28.5 Å². The summed E-state index contributed by atoms with van der Waals surface area (Å²) in [6.07, 6.45) is 8.19. The molecule has 1 fully saturated rings. The molecule has 0 aliphatic heterocycles. The Hall–Kier alpha value is -0.800. The maximum atomic E-state index is 14.4. The maximum absolute atomic E-state index is 14.4. The monoisotopic (exact) mass is 370 g/mol. The van der Waals surface area contributed by atoms with Gasteiger partial charge in [0, 0.05) is 5.56 Å². The van der Waals surface area contributed by atoms with Crippen molar-refractivity contribution in [1.29, 1.82) is 0 Å². The Bertz CT molecular complexity index is 547. The molecule has 1 aromatic carbocycles. The van der Waals surface area contributed by atoms with Gasteiger partial charge in [-0.3, -0.25) is 0 Å². The third-order valence-corrected chi connectivity index (χ3v) is 6.06. The van der Waals surface area contributed by atoms with Crippen LogP contribution in [0.15, 0.2) is 12.1 Å². The molecule has 2 nitrogen and oxygen atoms in total. The molecule has 1 aliphatic rings. The van der Waals surface area contributed by atoms with Gasteiger partial charge in [0.1, 0.15) is 0 Å². The van der Waals surface area contributed by atoms with Crippen molar-refractivity contribution in [1.82, 2.24) is 0 Å². The topological polar surface area (TPSA) is 29.5 Å². The molecule has 0 spiro atoms. The van der Waals surface area contributed by atoms with Gasteiger partial charge in [-0.2, -0.15) is 0 Å². The van der Waals surface area contributed by atoms with Gasteiger partial charge in [-0.15, -0.1) is 0 Å². The average molecular weight is 371 g/mol. The lowest BCUT2D eigenvalue weighted by Crippen LogP contribution is -2.34. The zero-order chi connectivity index (χ0) is 18.4. The summed E-state index contributed by atoms with van der Waals surface area (Å²) in [6.45, 7) is 6.67. The second-order valence-corrected chi connectivity index (χ2v) is 7.76. The Morgan fingerprint density at radius 1 is 1.20 bits per heavy atom. The van der Waals surface area contributed by atoms with Crippen LogP contribution in [0.4, 0.5) is 4.39 Å². The number of benzene rings is 1. The van der Waals surface area contributed by atoms with E-state index in [1.807, 2.05) is 0 Å². The van der Waals surface area contributed by atoms with E-state index in [1.165, 1.54) is 25.7 Å². The van der Waals surface area contributed by atoms with Gasteiger partial charge in [-0.25, -0.2) is 4.39 Å². The Labute approximate surface area is 156 Å². The van der Waals surface area contributed by atoms with E-state index in [4.69, 9.17) is 16.3 Å². The summed E-state index contributed by atoms with van der Waals surface area (Å²) in [5.74, 6) is 0.990. The van der Waals surface area contributed by atoms with Gasteiger partial charge in [0.25, 0.3) is 0 Å². The zero-order valence-corrected chi connectivity index (χ0v) is 16.5. The summed E-state index contributed by atoms with van der Waals surface area (Å²) in [7, 11) is 0. The molecule has 25 heavy (non-hydrogen) atoms. The Morgan fingerprint density at radius 2 is 1.80 bits per heavy atom. The smallest absolute Gasteiger partial charge is 0.183 e. The van der Waals surface area contributed by atoms with Gasteiger partial charge in [-0.05, 0) is 50.5 Å². The minimum Gasteiger partial charge on any atom is -0.491 e. The Morgan fingerprint density at radius 3 is 2.32 bits per heavy atom. The maximum Gasteiger partial charge on any atom is 0.183 e. The van der Waals surface area contributed by atoms with Crippen LogP contribution in [0.1, 0.15) is 77.7 Å². The molecule has 1 saturated carbocycles. The molecule has 1 aliphatic carbocycles. The van der Waals surface area contributed by atoms with Gasteiger partial charge in [0.05, 0.1) is 17.2 Å². The molecule has 1 N–H and O–H groups in total. The third kappa shape index (κ3) is 4.68. The Balaban J connectivity index is 2.13. The summed E-state index contributed by atoms with van der Waals surface area (Å²) in [5.41, 5.74) is -0.515. The quantitative estimate of drug-likeness (QED) is 0.568. The first kappa shape index (κ1) is 20.5. The molecule has 2 rings (SSSR count). The molecule has 142 valence electrons. The zero-order valence-electron chi connectivity index (χ0n) is 15.8. The molecular weight excluding hydrogens is 339 g/mol. The van der Waals surface area contributed by atoms with Gasteiger partial charge in [0.15, 0.2) is 11.6 Å². The highest BCUT2D eigenvalue weighted by molar-refractivity contribution is 6.31. The van der Waals surface area contributed by atoms with Crippen LogP contribution in [0.25, 0.3) is 0 Å². The molecule has 0 amide bonds. The number of hydrogen-bond donors (Lipinski definition) is 1. The first-order valence-electron chi connectivity index (χ1n) is 9.80. The second kappa shape index (κ2) is 9.23. The van der Waals surface area contributed by atoms with Crippen molar-refractivity contribution in [2.75, 3.05) is 6.61 Å². The van der Waals surface area contributed by atoms with Gasteiger partial charge in [0.2, 0.25) is 0 Å². The predicted molar refractivity (Wildman–Crippen MR) is 102 cm³/mol. The van der Waals surface area contributed by atoms with Crippen LogP contribution in [-0.4, -0.2) is 11.7 Å². The third-order valence-electron chi connectivity index (χ3n) is 5.69. The van der Waals surface area contributed by atoms with E-state index in [0.717, 1.165) is 18.8 Å². The summed E-state index contributed by atoms with van der Waals surface area (Å²) < 4.78 is 19.7. The van der Waals surface area contributed by atoms with E-state index in [2.05, 4.69) is 13.8 Å². The van der Waals surface area contributed by atoms with Gasteiger partial charge in [-0.1, -0.05) is 57.2 Å². The lowest BCUT2D eigenvalue weighted by atomic mass is 9.69. The standard InChI is InChI=1S/C21H32ClFO2/c1-4-7-15(8-5-2)16-11-13-21(24,14-12-16)17-9-10-18(25-6-3)20(23)19(17)22/h9-10,15-16,24H,4-8,11-14H2,1-3H3. The summed E-state index contributed by atoms with van der Waals surface area (Å²) in [6, 6.07) is 3.31. The molecule has 0 atom stereocenters.